The molecule has 0 radical (unpaired) electrons. The van der Waals surface area contributed by atoms with Gasteiger partial charge in [0.15, 0.2) is 11.4 Å². The lowest BCUT2D eigenvalue weighted by molar-refractivity contribution is -0.166. The van der Waals surface area contributed by atoms with Gasteiger partial charge in [0, 0.05) is 17.5 Å². The van der Waals surface area contributed by atoms with Gasteiger partial charge in [-0.2, -0.15) is 0 Å². The summed E-state index contributed by atoms with van der Waals surface area (Å²) in [4.78, 5) is 41.0. The quantitative estimate of drug-likeness (QED) is 0.278. The molecule has 5 N–H and O–H groups in total. The van der Waals surface area contributed by atoms with E-state index >= 15 is 0 Å². The van der Waals surface area contributed by atoms with Crippen molar-refractivity contribution in [1.82, 2.24) is 4.90 Å². The minimum atomic E-state index is -2.64. The Morgan fingerprint density at radius 1 is 1.31 bits per heavy atom. The summed E-state index contributed by atoms with van der Waals surface area (Å²) in [5.74, 6) is -5.79. The fraction of sp³-hybridized carbons (Fsp3) is 0.593. The minimum Gasteiger partial charge on any atom is -0.507 e. The molecule has 1 saturated carbocycles. The second kappa shape index (κ2) is 10.7. The molecule has 1 aromatic carbocycles. The third-order valence-electron chi connectivity index (χ3n) is 7.79. The molecule has 2 aliphatic rings. The maximum atomic E-state index is 14.0. The van der Waals surface area contributed by atoms with E-state index in [1.807, 2.05) is 19.9 Å². The SMILES string of the molecule is CCCCOc1ccc(C)c2c1C(O)=C1C(=O)C(O)(C(=O)C(C)C(N)=O)[C@H](C(CO)N(C)C)C[C@@H]1C2. The average Bonchev–Trinajstić information content (AvgIpc) is 2.82. The van der Waals surface area contributed by atoms with Gasteiger partial charge in [0.25, 0.3) is 0 Å². The molecule has 9 nitrogen and oxygen atoms in total. The average molecular weight is 503 g/mol. The van der Waals surface area contributed by atoms with E-state index in [1.165, 1.54) is 6.92 Å². The number of nitrogens with two attached hydrogens (primary N) is 1. The number of hydrogen-bond donors (Lipinski definition) is 4. The number of rotatable bonds is 10. The molecule has 2 aliphatic carbocycles. The lowest BCUT2D eigenvalue weighted by atomic mass is 9.59. The van der Waals surface area contributed by atoms with Crippen LogP contribution in [0.4, 0.5) is 0 Å². The third kappa shape index (κ3) is 4.55. The number of carbonyl (C=O) groups excluding carboxylic acids is 3. The van der Waals surface area contributed by atoms with Gasteiger partial charge in [-0.15, -0.1) is 0 Å². The first-order valence-corrected chi connectivity index (χ1v) is 12.5. The maximum Gasteiger partial charge on any atom is 0.227 e. The van der Waals surface area contributed by atoms with Crippen molar-refractivity contribution in [2.24, 2.45) is 23.5 Å². The van der Waals surface area contributed by atoms with Crippen molar-refractivity contribution >= 4 is 23.2 Å². The van der Waals surface area contributed by atoms with Crippen molar-refractivity contribution < 1.29 is 34.4 Å². The van der Waals surface area contributed by atoms with Gasteiger partial charge in [0.2, 0.25) is 11.7 Å². The number of aliphatic hydroxyl groups is 3. The lowest BCUT2D eigenvalue weighted by Gasteiger charge is -2.48. The Morgan fingerprint density at radius 2 is 1.97 bits per heavy atom. The number of ketones is 2. The minimum absolute atomic E-state index is 0.0485. The number of aryl methyl sites for hydroxylation is 1. The van der Waals surface area contributed by atoms with E-state index in [-0.39, 0.29) is 17.8 Å². The molecule has 1 fully saturated rings. The van der Waals surface area contributed by atoms with E-state index in [4.69, 9.17) is 10.5 Å². The number of hydrogen-bond acceptors (Lipinski definition) is 8. The first kappa shape index (κ1) is 27.8. The van der Waals surface area contributed by atoms with Crippen LogP contribution in [0.2, 0.25) is 0 Å². The van der Waals surface area contributed by atoms with Crippen molar-refractivity contribution in [1.29, 1.82) is 0 Å². The van der Waals surface area contributed by atoms with Crippen molar-refractivity contribution in [2.45, 2.75) is 58.1 Å². The van der Waals surface area contributed by atoms with Crippen LogP contribution in [-0.2, 0) is 20.8 Å². The molecule has 0 aromatic heterocycles. The van der Waals surface area contributed by atoms with Crippen LogP contribution in [0.3, 0.4) is 0 Å². The zero-order chi connectivity index (χ0) is 26.9. The second-order valence-corrected chi connectivity index (χ2v) is 10.2. The molecular formula is C27H38N2O7. The molecule has 0 spiro atoms. The molecule has 0 aliphatic heterocycles. The molecule has 1 amide bonds. The number of fused-ring (bicyclic) bond motifs is 2. The van der Waals surface area contributed by atoms with Crippen LogP contribution < -0.4 is 10.5 Å². The third-order valence-corrected chi connectivity index (χ3v) is 7.79. The topological polar surface area (TPSA) is 150 Å². The maximum absolute atomic E-state index is 14.0. The monoisotopic (exact) mass is 502 g/mol. The highest BCUT2D eigenvalue weighted by atomic mass is 16.5. The van der Waals surface area contributed by atoms with E-state index in [2.05, 4.69) is 0 Å². The number of Topliss-reactive ketones (excluding diaryl/α,β-unsaturated/α-hetero) is 2. The molecule has 3 unspecified atom stereocenters. The Kier molecular flexibility index (Phi) is 8.27. The van der Waals surface area contributed by atoms with Crippen molar-refractivity contribution in [2.75, 3.05) is 27.3 Å². The van der Waals surface area contributed by atoms with Crippen LogP contribution in [0.25, 0.3) is 5.76 Å². The number of carbonyl (C=O) groups is 3. The van der Waals surface area contributed by atoms with E-state index in [0.29, 0.717) is 24.3 Å². The normalized spacial score (nSPS) is 25.3. The molecule has 0 saturated heterocycles. The Balaban J connectivity index is 2.22. The smallest absolute Gasteiger partial charge is 0.227 e. The predicted octanol–water partition coefficient (Wildman–Crippen LogP) is 1.55. The van der Waals surface area contributed by atoms with Crippen molar-refractivity contribution in [3.05, 3.63) is 34.4 Å². The number of primary amides is 1. The molecule has 9 heteroatoms. The summed E-state index contributed by atoms with van der Waals surface area (Å²) in [6.45, 7) is 5.21. The number of unbranched alkanes of at least 4 members (excludes halogenated alkanes) is 1. The molecular weight excluding hydrogens is 464 g/mol. The van der Waals surface area contributed by atoms with E-state index in [0.717, 1.165) is 24.0 Å². The van der Waals surface area contributed by atoms with E-state index < -0.39 is 53.5 Å². The molecule has 198 valence electrons. The van der Waals surface area contributed by atoms with E-state index in [1.54, 1.807) is 25.1 Å². The van der Waals surface area contributed by atoms with Crippen LogP contribution in [0.15, 0.2) is 17.7 Å². The van der Waals surface area contributed by atoms with Gasteiger partial charge >= 0.3 is 0 Å². The van der Waals surface area contributed by atoms with Gasteiger partial charge in [-0.1, -0.05) is 19.4 Å². The van der Waals surface area contributed by atoms with E-state index in [9.17, 15) is 29.7 Å². The first-order valence-electron chi connectivity index (χ1n) is 12.5. The molecule has 5 atom stereocenters. The summed E-state index contributed by atoms with van der Waals surface area (Å²) in [7, 11) is 3.35. The summed E-state index contributed by atoms with van der Waals surface area (Å²) in [5.41, 5.74) is 4.83. The van der Waals surface area contributed by atoms with Gasteiger partial charge in [-0.05, 0) is 70.3 Å². The standard InChI is InChI=1S/C27H38N2O7/c1-6-7-10-36-20-9-8-14(2)17-11-16-12-18(19(13-30)29(4)5)27(35,24(32)15(3)26(28)34)25(33)21(16)23(31)22(17)20/h8-9,15-16,18-19,30-31,35H,6-7,10-13H2,1-5H3,(H2,28,34)/t15?,16-,18-,19?,27?/m0/s1. The molecule has 1 aromatic rings. The Bertz CT molecular complexity index is 1080. The first-order chi connectivity index (χ1) is 16.9. The van der Waals surface area contributed by atoms with Crippen LogP contribution in [0, 0.1) is 24.7 Å². The fourth-order valence-electron chi connectivity index (χ4n) is 5.56. The molecule has 0 bridgehead atoms. The van der Waals surface area contributed by atoms with Gasteiger partial charge < -0.3 is 30.7 Å². The predicted molar refractivity (Wildman–Crippen MR) is 134 cm³/mol. The van der Waals surface area contributed by atoms with Gasteiger partial charge in [0.05, 0.1) is 24.7 Å². The second-order valence-electron chi connectivity index (χ2n) is 10.2. The molecule has 0 heterocycles. The molecule has 36 heavy (non-hydrogen) atoms. The Labute approximate surface area is 211 Å². The summed E-state index contributed by atoms with van der Waals surface area (Å²) in [6.07, 6.45) is 2.28. The summed E-state index contributed by atoms with van der Waals surface area (Å²) in [5, 5.41) is 33.4. The fourth-order valence-corrected chi connectivity index (χ4v) is 5.56. The number of ether oxygens (including phenoxy) is 1. The van der Waals surface area contributed by atoms with Crippen molar-refractivity contribution in [3.8, 4) is 5.75 Å². The van der Waals surface area contributed by atoms with Crippen LogP contribution in [0.1, 0.15) is 49.8 Å². The van der Waals surface area contributed by atoms with Crippen molar-refractivity contribution in [3.63, 3.8) is 0 Å². The number of benzene rings is 1. The van der Waals surface area contributed by atoms with Gasteiger partial charge in [0.1, 0.15) is 11.5 Å². The number of nitrogens with zero attached hydrogens (tertiary/aromatic N) is 1. The summed E-state index contributed by atoms with van der Waals surface area (Å²) < 4.78 is 5.93. The number of amides is 1. The molecule has 3 rings (SSSR count). The highest BCUT2D eigenvalue weighted by molar-refractivity contribution is 6.24. The zero-order valence-corrected chi connectivity index (χ0v) is 21.7. The lowest BCUT2D eigenvalue weighted by Crippen LogP contribution is -2.65. The van der Waals surface area contributed by atoms with Crippen LogP contribution >= 0.6 is 0 Å². The summed E-state index contributed by atoms with van der Waals surface area (Å²) in [6, 6.07) is 2.90. The summed E-state index contributed by atoms with van der Waals surface area (Å²) >= 11 is 0. The highest BCUT2D eigenvalue weighted by Crippen LogP contribution is 2.50. The van der Waals surface area contributed by atoms with Gasteiger partial charge in [-0.3, -0.25) is 14.4 Å². The highest BCUT2D eigenvalue weighted by Gasteiger charge is 2.61. The Morgan fingerprint density at radius 3 is 2.53 bits per heavy atom. The van der Waals surface area contributed by atoms with Crippen LogP contribution in [0.5, 0.6) is 5.75 Å². The number of aliphatic hydroxyl groups excluding tert-OH is 2. The largest absolute Gasteiger partial charge is 0.507 e. The Hall–Kier alpha value is -2.75. The number of likely N-dealkylation sites (N-methyl/N-ethyl adjacent to an activating group) is 1. The van der Waals surface area contributed by atoms with Gasteiger partial charge in [-0.25, -0.2) is 0 Å². The zero-order valence-electron chi connectivity index (χ0n) is 21.7. The van der Waals surface area contributed by atoms with Crippen LogP contribution in [-0.4, -0.2) is 76.6 Å².